The Morgan fingerprint density at radius 3 is 1.66 bits per heavy atom. The Balaban J connectivity index is 4.37. The molecule has 3 unspecified atom stereocenters. The topological polar surface area (TPSA) is 108 Å². The molecule has 8 nitrogen and oxygen atoms in total. The Morgan fingerprint density at radius 1 is 0.680 bits per heavy atom. The van der Waals surface area contributed by atoms with Crippen LogP contribution < -0.4 is 10.2 Å². The summed E-state index contributed by atoms with van der Waals surface area (Å²) in [6.07, 6.45) is 39.1. The van der Waals surface area contributed by atoms with Crippen molar-refractivity contribution in [1.29, 1.82) is 0 Å². The molecule has 50 heavy (non-hydrogen) atoms. The van der Waals surface area contributed by atoms with E-state index in [4.69, 9.17) is 9.05 Å². The predicted molar refractivity (Wildman–Crippen MR) is 210 cm³/mol. The molecule has 0 aromatic heterocycles. The minimum atomic E-state index is -4.58. The van der Waals surface area contributed by atoms with Crippen LogP contribution in [0, 0.1) is 0 Å². The van der Waals surface area contributed by atoms with Gasteiger partial charge in [0.25, 0.3) is 7.82 Å². The molecule has 0 rings (SSSR count). The summed E-state index contributed by atoms with van der Waals surface area (Å²) < 4.78 is 23.0. The summed E-state index contributed by atoms with van der Waals surface area (Å²) in [7, 11) is 1.24. The molecule has 0 fully saturated rings. The zero-order valence-electron chi connectivity index (χ0n) is 33.1. The van der Waals surface area contributed by atoms with E-state index in [1.54, 1.807) is 6.08 Å². The van der Waals surface area contributed by atoms with Gasteiger partial charge in [-0.15, -0.1) is 0 Å². The summed E-state index contributed by atoms with van der Waals surface area (Å²) >= 11 is 0. The van der Waals surface area contributed by atoms with Crippen molar-refractivity contribution in [2.75, 3.05) is 40.9 Å². The van der Waals surface area contributed by atoms with Crippen LogP contribution in [0.5, 0.6) is 0 Å². The Labute approximate surface area is 308 Å². The molecule has 0 aliphatic carbocycles. The Hall–Kier alpha value is -1.28. The molecular weight excluding hydrogens is 647 g/mol. The molecule has 0 aromatic rings. The second kappa shape index (κ2) is 33.5. The molecule has 0 radical (unpaired) electrons. The predicted octanol–water partition coefficient (Wildman–Crippen LogP) is 10.1. The molecule has 0 bridgehead atoms. The molecule has 0 aliphatic heterocycles. The van der Waals surface area contributed by atoms with Gasteiger partial charge in [0.15, 0.2) is 0 Å². The van der Waals surface area contributed by atoms with Crippen LogP contribution >= 0.6 is 7.82 Å². The minimum Gasteiger partial charge on any atom is -0.756 e. The quantitative estimate of drug-likeness (QED) is 0.0288. The number of phosphoric acid groups is 1. The van der Waals surface area contributed by atoms with Crippen LogP contribution in [-0.2, 0) is 18.4 Å². The summed E-state index contributed by atoms with van der Waals surface area (Å²) in [5.41, 5.74) is 0. The molecule has 0 heterocycles. The largest absolute Gasteiger partial charge is 0.756 e. The second-order valence-corrected chi connectivity index (χ2v) is 16.4. The number of aliphatic hydroxyl groups is 1. The van der Waals surface area contributed by atoms with E-state index in [1.165, 1.54) is 109 Å². The van der Waals surface area contributed by atoms with Crippen LogP contribution in [0.25, 0.3) is 0 Å². The van der Waals surface area contributed by atoms with Gasteiger partial charge in [-0.1, -0.05) is 140 Å². The van der Waals surface area contributed by atoms with Crippen molar-refractivity contribution in [3.8, 4) is 0 Å². The molecule has 2 N–H and O–H groups in total. The third-order valence-corrected chi connectivity index (χ3v) is 9.79. The zero-order valence-corrected chi connectivity index (χ0v) is 34.0. The number of carbonyl (C=O) groups is 1. The van der Waals surface area contributed by atoms with Crippen molar-refractivity contribution in [2.45, 2.75) is 180 Å². The van der Waals surface area contributed by atoms with E-state index in [1.807, 2.05) is 27.2 Å². The smallest absolute Gasteiger partial charge is 0.268 e. The van der Waals surface area contributed by atoms with Crippen molar-refractivity contribution < 1.29 is 32.9 Å². The van der Waals surface area contributed by atoms with Gasteiger partial charge in [-0.05, 0) is 57.8 Å². The van der Waals surface area contributed by atoms with Gasteiger partial charge in [0.2, 0.25) is 5.91 Å². The van der Waals surface area contributed by atoms with Gasteiger partial charge >= 0.3 is 0 Å². The van der Waals surface area contributed by atoms with Gasteiger partial charge in [0, 0.05) is 6.42 Å². The van der Waals surface area contributed by atoms with E-state index in [0.29, 0.717) is 17.4 Å². The van der Waals surface area contributed by atoms with Gasteiger partial charge in [0.1, 0.15) is 13.2 Å². The molecule has 0 saturated carbocycles. The summed E-state index contributed by atoms with van der Waals surface area (Å²) in [6, 6.07) is -0.900. The highest BCUT2D eigenvalue weighted by Gasteiger charge is 2.23. The first-order valence-corrected chi connectivity index (χ1v) is 21.8. The fourth-order valence-corrected chi connectivity index (χ4v) is 6.24. The van der Waals surface area contributed by atoms with Crippen LogP contribution in [0.1, 0.15) is 168 Å². The molecule has 0 aromatic carbocycles. The van der Waals surface area contributed by atoms with Gasteiger partial charge < -0.3 is 28.8 Å². The van der Waals surface area contributed by atoms with Crippen molar-refractivity contribution in [1.82, 2.24) is 5.32 Å². The number of hydrogen-bond donors (Lipinski definition) is 2. The second-order valence-electron chi connectivity index (χ2n) is 15.0. The fourth-order valence-electron chi connectivity index (χ4n) is 5.51. The summed E-state index contributed by atoms with van der Waals surface area (Å²) in [4.78, 5) is 25.1. The lowest BCUT2D eigenvalue weighted by atomic mass is 10.0. The summed E-state index contributed by atoms with van der Waals surface area (Å²) in [5.74, 6) is -0.214. The van der Waals surface area contributed by atoms with Crippen molar-refractivity contribution >= 4 is 13.7 Å². The number of nitrogens with zero attached hydrogens (tertiary/aromatic N) is 1. The average molecular weight is 727 g/mol. The zero-order chi connectivity index (χ0) is 37.2. The molecule has 9 heteroatoms. The number of phosphoric ester groups is 1. The number of amides is 1. The maximum absolute atomic E-state index is 12.8. The molecule has 294 valence electrons. The first-order chi connectivity index (χ1) is 24.0. The molecule has 0 aliphatic rings. The van der Waals surface area contributed by atoms with E-state index < -0.39 is 26.6 Å². The SMILES string of the molecule is CCCCC/C=C/CC/C=C/C(O)C(COP(=O)([O-])OCC[N+](C)(C)C)NC(=O)CCCCCCCCCCC/C=C\CCCCCCCC. The number of aliphatic hydroxyl groups excluding tert-OH is 1. The van der Waals surface area contributed by atoms with Crippen molar-refractivity contribution in [3.63, 3.8) is 0 Å². The number of likely N-dealkylation sites (N-methyl/N-ethyl adjacent to an activating group) is 1. The third kappa shape index (κ3) is 35.1. The van der Waals surface area contributed by atoms with Crippen LogP contribution in [-0.4, -0.2) is 68.5 Å². The van der Waals surface area contributed by atoms with E-state index in [9.17, 15) is 19.4 Å². The lowest BCUT2D eigenvalue weighted by molar-refractivity contribution is -0.870. The van der Waals surface area contributed by atoms with E-state index >= 15 is 0 Å². The minimum absolute atomic E-state index is 0.00722. The van der Waals surface area contributed by atoms with Crippen LogP contribution in [0.15, 0.2) is 36.5 Å². The number of unbranched alkanes of at least 4 members (excludes halogenated alkanes) is 19. The van der Waals surface area contributed by atoms with Crippen molar-refractivity contribution in [2.24, 2.45) is 0 Å². The van der Waals surface area contributed by atoms with Crippen molar-refractivity contribution in [3.05, 3.63) is 36.5 Å². The molecule has 1 amide bonds. The highest BCUT2D eigenvalue weighted by Crippen LogP contribution is 2.38. The first-order valence-electron chi connectivity index (χ1n) is 20.4. The van der Waals surface area contributed by atoms with Crippen LogP contribution in [0.4, 0.5) is 0 Å². The number of rotatable bonds is 36. The lowest BCUT2D eigenvalue weighted by Gasteiger charge is -2.29. The molecule has 0 saturated heterocycles. The number of quaternary nitrogens is 1. The van der Waals surface area contributed by atoms with Gasteiger partial charge in [-0.25, -0.2) is 0 Å². The van der Waals surface area contributed by atoms with Gasteiger partial charge in [-0.3, -0.25) is 9.36 Å². The van der Waals surface area contributed by atoms with E-state index in [0.717, 1.165) is 38.5 Å². The van der Waals surface area contributed by atoms with Crippen LogP contribution in [0.3, 0.4) is 0 Å². The van der Waals surface area contributed by atoms with E-state index in [2.05, 4.69) is 43.5 Å². The summed E-state index contributed by atoms with van der Waals surface area (Å²) in [6.45, 7) is 4.55. The van der Waals surface area contributed by atoms with Crippen LogP contribution in [0.2, 0.25) is 0 Å². The maximum Gasteiger partial charge on any atom is 0.268 e. The fraction of sp³-hybridized carbons (Fsp3) is 0.829. The highest BCUT2D eigenvalue weighted by atomic mass is 31.2. The van der Waals surface area contributed by atoms with Gasteiger partial charge in [0.05, 0.1) is 39.9 Å². The molecular formula is C41H79N2O6P. The number of hydrogen-bond acceptors (Lipinski definition) is 6. The Morgan fingerprint density at radius 2 is 1.12 bits per heavy atom. The standard InChI is InChI=1S/C41H79N2O6P/c1-6-8-10-12-14-16-17-18-19-20-21-22-23-24-25-27-29-31-33-35-41(45)42-39(38-49-50(46,47)48-37-36-43(3,4)5)40(44)34-32-30-28-26-15-13-11-9-7-2/h15,18-19,26,32,34,39-40,44H,6-14,16-17,20-25,27-31,33,35-38H2,1-5H3,(H-,42,45,46,47)/b19-18-,26-15+,34-32+. The Kier molecular flexibility index (Phi) is 32.7. The van der Waals surface area contributed by atoms with E-state index in [-0.39, 0.29) is 12.5 Å². The third-order valence-electron chi connectivity index (χ3n) is 8.82. The number of allylic oxidation sites excluding steroid dienone is 5. The number of carbonyl (C=O) groups excluding carboxylic acids is 1. The Bertz CT molecular complexity index is 917. The average Bonchev–Trinajstić information content (AvgIpc) is 3.06. The molecule has 3 atom stereocenters. The summed E-state index contributed by atoms with van der Waals surface area (Å²) in [5, 5.41) is 13.6. The monoisotopic (exact) mass is 727 g/mol. The first kappa shape index (κ1) is 48.7. The highest BCUT2D eigenvalue weighted by molar-refractivity contribution is 7.45. The normalized spacial score (nSPS) is 14.9. The number of nitrogens with one attached hydrogen (secondary N) is 1. The lowest BCUT2D eigenvalue weighted by Crippen LogP contribution is -2.45. The van der Waals surface area contributed by atoms with Gasteiger partial charge in [-0.2, -0.15) is 0 Å². The molecule has 0 spiro atoms. The maximum atomic E-state index is 12.8.